The van der Waals surface area contributed by atoms with Crippen molar-refractivity contribution in [2.45, 2.75) is 11.5 Å². The predicted octanol–water partition coefficient (Wildman–Crippen LogP) is 4.48. The van der Waals surface area contributed by atoms with Crippen LogP contribution in [0.3, 0.4) is 0 Å². The van der Waals surface area contributed by atoms with E-state index in [1.807, 2.05) is 78.7 Å². The van der Waals surface area contributed by atoms with Crippen LogP contribution in [0.1, 0.15) is 27.4 Å². The third-order valence-electron chi connectivity index (χ3n) is 7.43. The zero-order valence-corrected chi connectivity index (χ0v) is 18.2. The summed E-state index contributed by atoms with van der Waals surface area (Å²) in [4.78, 5) is 30.3. The number of para-hydroxylation sites is 2. The molecule has 5 nitrogen and oxygen atoms in total. The maximum Gasteiger partial charge on any atom is 0.250 e. The Morgan fingerprint density at radius 3 is 2.53 bits per heavy atom. The summed E-state index contributed by atoms with van der Waals surface area (Å²) in [5.74, 6) is 0.0569. The minimum Gasteiger partial charge on any atom is -0.492 e. The molecule has 3 aromatic rings. The molecule has 1 fully saturated rings. The van der Waals surface area contributed by atoms with Crippen LogP contribution in [0.15, 0.2) is 72.8 Å². The summed E-state index contributed by atoms with van der Waals surface area (Å²) in [7, 11) is 1.92. The predicted molar refractivity (Wildman–Crippen MR) is 122 cm³/mol. The fraction of sp³-hybridized carbons (Fsp3) is 0.231. The third kappa shape index (κ3) is 2.22. The number of hydrogen-bond acceptors (Lipinski definition) is 4. The topological polar surface area (TPSA) is 58.6 Å². The number of ether oxygens (including phenoxy) is 1. The Labute approximate surface area is 190 Å². The van der Waals surface area contributed by atoms with Gasteiger partial charge in [-0.2, -0.15) is 0 Å². The molecule has 1 N–H and O–H groups in total. The van der Waals surface area contributed by atoms with Gasteiger partial charge in [-0.05, 0) is 42.9 Å². The third-order valence-corrected chi connectivity index (χ3v) is 7.68. The Kier molecular flexibility index (Phi) is 4.07. The molecule has 0 aromatic heterocycles. The highest BCUT2D eigenvalue weighted by atomic mass is 35.5. The number of nitrogens with one attached hydrogen (secondary N) is 1. The first-order valence-corrected chi connectivity index (χ1v) is 11.0. The lowest BCUT2D eigenvalue weighted by Crippen LogP contribution is -2.62. The lowest BCUT2D eigenvalue weighted by atomic mass is 9.57. The average Bonchev–Trinajstić information content (AvgIpc) is 3.25. The maximum atomic E-state index is 14.4. The molecule has 1 amide bonds. The number of rotatable bonds is 1. The summed E-state index contributed by atoms with van der Waals surface area (Å²) >= 11 is 6.16. The molecule has 3 aromatic carbocycles. The van der Waals surface area contributed by atoms with Crippen LogP contribution < -0.4 is 10.1 Å². The van der Waals surface area contributed by atoms with Crippen molar-refractivity contribution < 1.29 is 14.3 Å². The number of likely N-dealkylation sites (tertiary alicyclic amines) is 1. The Morgan fingerprint density at radius 1 is 1.00 bits per heavy atom. The molecule has 2 spiro atoms. The molecular formula is C26H21ClN2O3. The molecule has 32 heavy (non-hydrogen) atoms. The first kappa shape index (κ1) is 19.5. The van der Waals surface area contributed by atoms with Crippen molar-refractivity contribution in [3.8, 4) is 5.75 Å². The summed E-state index contributed by atoms with van der Waals surface area (Å²) in [6.07, 6.45) is 0. The zero-order valence-electron chi connectivity index (χ0n) is 17.5. The Morgan fingerprint density at radius 2 is 1.72 bits per heavy atom. The number of Topliss-reactive ketones (excluding diaryl/α,β-unsaturated/α-hetero) is 1. The fourth-order valence-corrected chi connectivity index (χ4v) is 6.24. The van der Waals surface area contributed by atoms with Gasteiger partial charge >= 0.3 is 0 Å². The van der Waals surface area contributed by atoms with E-state index >= 15 is 0 Å². The minimum atomic E-state index is -1.18. The summed E-state index contributed by atoms with van der Waals surface area (Å²) in [5.41, 5.74) is 0.725. The van der Waals surface area contributed by atoms with Gasteiger partial charge in [-0.1, -0.05) is 54.1 Å². The number of likely N-dealkylation sites (N-methyl/N-ethyl adjacent to an activating group) is 1. The molecule has 1 saturated heterocycles. The molecule has 0 saturated carbocycles. The van der Waals surface area contributed by atoms with Crippen LogP contribution in [0.5, 0.6) is 5.75 Å². The molecule has 3 aliphatic rings. The van der Waals surface area contributed by atoms with E-state index in [1.165, 1.54) is 0 Å². The van der Waals surface area contributed by atoms with Crippen LogP contribution in [0.2, 0.25) is 5.02 Å². The van der Waals surface area contributed by atoms with E-state index in [0.29, 0.717) is 22.9 Å². The van der Waals surface area contributed by atoms with E-state index in [4.69, 9.17) is 16.3 Å². The second-order valence-corrected chi connectivity index (χ2v) is 9.22. The first-order chi connectivity index (χ1) is 15.5. The summed E-state index contributed by atoms with van der Waals surface area (Å²) in [6.45, 7) is 0.642. The number of nitrogens with zero attached hydrogens (tertiary/aromatic N) is 1. The standard InChI is InChI=1S/C26H21ClN2O3/c1-29-14-20(16-10-12-17(27)13-11-16)25(15-32-22-9-5-2-6-18(22)23(25)30)26(29)19-7-3-4-8-21(19)28-24(26)31/h2-13,20H,14-15H2,1H3,(H,28,31)/t20-,25+,26+/m0/s1. The van der Waals surface area contributed by atoms with Gasteiger partial charge in [-0.15, -0.1) is 0 Å². The molecule has 3 heterocycles. The van der Waals surface area contributed by atoms with Gasteiger partial charge in [-0.25, -0.2) is 0 Å². The molecule has 0 unspecified atom stereocenters. The molecule has 3 atom stereocenters. The number of anilines is 1. The number of benzene rings is 3. The highest BCUT2D eigenvalue weighted by molar-refractivity contribution is 6.30. The lowest BCUT2D eigenvalue weighted by Gasteiger charge is -2.47. The largest absolute Gasteiger partial charge is 0.492 e. The smallest absolute Gasteiger partial charge is 0.250 e. The highest BCUT2D eigenvalue weighted by Crippen LogP contribution is 2.64. The van der Waals surface area contributed by atoms with E-state index < -0.39 is 11.0 Å². The molecule has 160 valence electrons. The number of halogens is 1. The van der Waals surface area contributed by atoms with Gasteiger partial charge in [0.1, 0.15) is 23.3 Å². The number of carbonyl (C=O) groups excluding carboxylic acids is 2. The van der Waals surface area contributed by atoms with Crippen LogP contribution in [0.25, 0.3) is 0 Å². The van der Waals surface area contributed by atoms with Crippen molar-refractivity contribution >= 4 is 29.0 Å². The zero-order chi connectivity index (χ0) is 22.1. The van der Waals surface area contributed by atoms with Crippen molar-refractivity contribution in [2.24, 2.45) is 5.41 Å². The molecule has 0 aliphatic carbocycles. The van der Waals surface area contributed by atoms with Gasteiger partial charge in [-0.3, -0.25) is 14.5 Å². The minimum absolute atomic E-state index is 0.0597. The van der Waals surface area contributed by atoms with Crippen molar-refractivity contribution in [3.63, 3.8) is 0 Å². The average molecular weight is 445 g/mol. The number of fused-ring (bicyclic) bond motifs is 4. The van der Waals surface area contributed by atoms with Crippen molar-refractivity contribution in [3.05, 3.63) is 94.5 Å². The second kappa shape index (κ2) is 6.67. The molecule has 0 radical (unpaired) electrons. The Bertz CT molecular complexity index is 1270. The van der Waals surface area contributed by atoms with Gasteiger partial charge in [0, 0.05) is 28.7 Å². The van der Waals surface area contributed by atoms with E-state index in [2.05, 4.69) is 5.32 Å². The monoisotopic (exact) mass is 444 g/mol. The Balaban J connectivity index is 1.67. The number of amides is 1. The van der Waals surface area contributed by atoms with Gasteiger partial charge in [0.15, 0.2) is 5.78 Å². The maximum absolute atomic E-state index is 14.4. The quantitative estimate of drug-likeness (QED) is 0.601. The SMILES string of the molecule is CN1C[C@@H](c2ccc(Cl)cc2)[C@@]2(COc3ccccc3C2=O)[C@@]12C(=O)Nc1ccccc12. The molecule has 0 bridgehead atoms. The first-order valence-electron chi connectivity index (χ1n) is 10.6. The van der Waals surface area contributed by atoms with E-state index in [-0.39, 0.29) is 24.2 Å². The van der Waals surface area contributed by atoms with Crippen molar-refractivity contribution in [2.75, 3.05) is 25.5 Å². The van der Waals surface area contributed by atoms with Crippen LogP contribution in [0, 0.1) is 5.41 Å². The van der Waals surface area contributed by atoms with Crippen LogP contribution >= 0.6 is 11.6 Å². The van der Waals surface area contributed by atoms with Crippen molar-refractivity contribution in [1.29, 1.82) is 0 Å². The van der Waals surface area contributed by atoms with E-state index in [9.17, 15) is 9.59 Å². The van der Waals surface area contributed by atoms with E-state index in [1.54, 1.807) is 6.07 Å². The van der Waals surface area contributed by atoms with Crippen molar-refractivity contribution in [1.82, 2.24) is 4.90 Å². The van der Waals surface area contributed by atoms with Crippen LogP contribution in [0.4, 0.5) is 5.69 Å². The molecule has 3 aliphatic heterocycles. The molecule has 6 heteroatoms. The van der Waals surface area contributed by atoms with Gasteiger partial charge in [0.2, 0.25) is 0 Å². The summed E-state index contributed by atoms with van der Waals surface area (Å²) < 4.78 is 6.25. The number of hydrogen-bond donors (Lipinski definition) is 1. The van der Waals surface area contributed by atoms with Crippen LogP contribution in [-0.2, 0) is 10.3 Å². The van der Waals surface area contributed by atoms with Gasteiger partial charge in [0.05, 0.1) is 5.56 Å². The second-order valence-electron chi connectivity index (χ2n) is 8.78. The van der Waals surface area contributed by atoms with E-state index in [0.717, 1.165) is 16.8 Å². The Hall–Kier alpha value is -3.15. The fourth-order valence-electron chi connectivity index (χ4n) is 6.11. The van der Waals surface area contributed by atoms with Crippen LogP contribution in [-0.4, -0.2) is 36.8 Å². The number of ketones is 1. The summed E-state index contributed by atoms with van der Waals surface area (Å²) in [6, 6.07) is 22.5. The normalized spacial score (nSPS) is 28.5. The molecular weight excluding hydrogens is 424 g/mol. The highest BCUT2D eigenvalue weighted by Gasteiger charge is 2.75. The number of carbonyl (C=O) groups is 2. The van der Waals surface area contributed by atoms with Gasteiger partial charge in [0.25, 0.3) is 5.91 Å². The molecule has 6 rings (SSSR count). The lowest BCUT2D eigenvalue weighted by molar-refractivity contribution is -0.131. The summed E-state index contributed by atoms with van der Waals surface area (Å²) in [5, 5.41) is 3.68. The van der Waals surface area contributed by atoms with Gasteiger partial charge < -0.3 is 10.1 Å².